The van der Waals surface area contributed by atoms with E-state index in [9.17, 15) is 13.2 Å². The highest BCUT2D eigenvalue weighted by Gasteiger charge is 2.34. The van der Waals surface area contributed by atoms with Gasteiger partial charge in [0, 0.05) is 36.0 Å². The number of anilines is 1. The van der Waals surface area contributed by atoms with Crippen molar-refractivity contribution in [3.8, 4) is 0 Å². The standard InChI is InChI=1S/C23H33N3O3SSi2/c1-25(2)30(28,29)26-20-15-14-18(23(27)24-17-12-10-9-11-13-17)22(32(6,7)8)19(20)16-21(26)31(3,4)5/h9-16H,1-8H3,(H,24,27). The molecule has 6 nitrogen and oxygen atoms in total. The fraction of sp³-hybridized carbons (Fsp3) is 0.348. The minimum absolute atomic E-state index is 0.173. The smallest absolute Gasteiger partial charge is 0.307 e. The molecule has 0 aliphatic heterocycles. The molecule has 0 aliphatic rings. The first-order valence-electron chi connectivity index (χ1n) is 10.6. The van der Waals surface area contributed by atoms with E-state index in [1.807, 2.05) is 36.4 Å². The fourth-order valence-electron chi connectivity index (χ4n) is 3.91. The number of nitrogens with zero attached hydrogens (tertiary/aromatic N) is 2. The Morgan fingerprint density at radius 2 is 1.50 bits per heavy atom. The van der Waals surface area contributed by atoms with Crippen molar-refractivity contribution < 1.29 is 13.2 Å². The molecule has 1 heterocycles. The molecule has 0 unspecified atom stereocenters. The first kappa shape index (κ1) is 24.4. The summed E-state index contributed by atoms with van der Waals surface area (Å²) in [4.78, 5) is 13.3. The van der Waals surface area contributed by atoms with Crippen molar-refractivity contribution in [1.82, 2.24) is 8.28 Å². The van der Waals surface area contributed by atoms with Gasteiger partial charge < -0.3 is 5.32 Å². The molecular formula is C23H33N3O3SSi2. The Labute approximate surface area is 193 Å². The molecule has 3 aromatic rings. The quantitative estimate of drug-likeness (QED) is 0.540. The van der Waals surface area contributed by atoms with Gasteiger partial charge in [0.05, 0.1) is 13.6 Å². The van der Waals surface area contributed by atoms with Crippen LogP contribution in [-0.2, 0) is 10.2 Å². The van der Waals surface area contributed by atoms with Crippen LogP contribution in [0.25, 0.3) is 10.9 Å². The van der Waals surface area contributed by atoms with Crippen molar-refractivity contribution in [2.24, 2.45) is 0 Å². The van der Waals surface area contributed by atoms with Gasteiger partial charge >= 0.3 is 10.2 Å². The molecule has 0 aliphatic carbocycles. The van der Waals surface area contributed by atoms with Crippen LogP contribution in [0.15, 0.2) is 48.5 Å². The van der Waals surface area contributed by atoms with Crippen molar-refractivity contribution >= 4 is 59.4 Å². The number of carbonyl (C=O) groups is 1. The van der Waals surface area contributed by atoms with Gasteiger partial charge in [-0.2, -0.15) is 12.7 Å². The Balaban J connectivity index is 2.36. The van der Waals surface area contributed by atoms with E-state index in [0.717, 1.165) is 21.6 Å². The summed E-state index contributed by atoms with van der Waals surface area (Å²) in [6.07, 6.45) is 0. The van der Waals surface area contributed by atoms with Gasteiger partial charge in [-0.25, -0.2) is 3.97 Å². The number of amides is 1. The summed E-state index contributed by atoms with van der Waals surface area (Å²) >= 11 is 0. The number of benzene rings is 2. The number of para-hydroxylation sites is 1. The van der Waals surface area contributed by atoms with Crippen LogP contribution in [0.4, 0.5) is 5.69 Å². The molecule has 172 valence electrons. The molecule has 1 N–H and O–H groups in total. The topological polar surface area (TPSA) is 71.4 Å². The molecule has 0 atom stereocenters. The Morgan fingerprint density at radius 1 is 0.906 bits per heavy atom. The van der Waals surface area contributed by atoms with Gasteiger partial charge in [-0.3, -0.25) is 4.79 Å². The van der Waals surface area contributed by atoms with Crippen LogP contribution in [-0.4, -0.2) is 52.8 Å². The first-order chi connectivity index (χ1) is 14.7. The van der Waals surface area contributed by atoms with E-state index in [2.05, 4.69) is 44.6 Å². The highest BCUT2D eigenvalue weighted by Crippen LogP contribution is 2.24. The lowest BCUT2D eigenvalue weighted by Gasteiger charge is -2.23. The Hall–Kier alpha value is -2.21. The molecule has 0 saturated carbocycles. The van der Waals surface area contributed by atoms with E-state index in [-0.39, 0.29) is 5.91 Å². The molecule has 32 heavy (non-hydrogen) atoms. The Kier molecular flexibility index (Phi) is 6.33. The molecule has 3 rings (SSSR count). The Bertz CT molecular complexity index is 1270. The summed E-state index contributed by atoms with van der Waals surface area (Å²) in [6.45, 7) is 13.0. The summed E-state index contributed by atoms with van der Waals surface area (Å²) in [5.41, 5.74) is 1.99. The van der Waals surface area contributed by atoms with Gasteiger partial charge in [0.2, 0.25) is 0 Å². The zero-order valence-electron chi connectivity index (χ0n) is 20.1. The maximum Gasteiger partial charge on any atom is 0.307 e. The monoisotopic (exact) mass is 487 g/mol. The Morgan fingerprint density at radius 3 is 2.00 bits per heavy atom. The molecule has 1 aromatic heterocycles. The average molecular weight is 488 g/mol. The lowest BCUT2D eigenvalue weighted by molar-refractivity contribution is 0.102. The van der Waals surface area contributed by atoms with E-state index in [4.69, 9.17) is 0 Å². The minimum Gasteiger partial charge on any atom is -0.322 e. The highest BCUT2D eigenvalue weighted by molar-refractivity contribution is 7.88. The van der Waals surface area contributed by atoms with Crippen LogP contribution in [0.1, 0.15) is 10.4 Å². The van der Waals surface area contributed by atoms with Crippen LogP contribution < -0.4 is 15.8 Å². The first-order valence-corrected chi connectivity index (χ1v) is 19.0. The maximum atomic E-state index is 13.3. The van der Waals surface area contributed by atoms with Gasteiger partial charge in [-0.1, -0.05) is 57.5 Å². The predicted octanol–water partition coefficient (Wildman–Crippen LogP) is 3.64. The fourth-order valence-corrected chi connectivity index (χ4v) is 9.43. The predicted molar refractivity (Wildman–Crippen MR) is 140 cm³/mol. The number of hydrogen-bond acceptors (Lipinski definition) is 3. The largest absolute Gasteiger partial charge is 0.322 e. The minimum atomic E-state index is -3.72. The summed E-state index contributed by atoms with van der Waals surface area (Å²) in [7, 11) is -4.69. The third-order valence-electron chi connectivity index (χ3n) is 5.43. The number of hydrogen-bond donors (Lipinski definition) is 1. The van der Waals surface area contributed by atoms with Crippen LogP contribution >= 0.6 is 0 Å². The third-order valence-corrected chi connectivity index (χ3v) is 11.3. The van der Waals surface area contributed by atoms with Gasteiger partial charge in [0.25, 0.3) is 5.91 Å². The molecule has 0 spiro atoms. The summed E-state index contributed by atoms with van der Waals surface area (Å²) in [5.74, 6) is -0.173. The second-order valence-corrected chi connectivity index (χ2v) is 22.3. The van der Waals surface area contributed by atoms with E-state index in [0.29, 0.717) is 11.1 Å². The van der Waals surface area contributed by atoms with Crippen LogP contribution in [0.5, 0.6) is 0 Å². The van der Waals surface area contributed by atoms with Crippen molar-refractivity contribution in [3.63, 3.8) is 0 Å². The van der Waals surface area contributed by atoms with Gasteiger partial charge in [0.15, 0.2) is 0 Å². The van der Waals surface area contributed by atoms with Crippen molar-refractivity contribution in [3.05, 3.63) is 54.1 Å². The maximum absolute atomic E-state index is 13.3. The lowest BCUT2D eigenvalue weighted by atomic mass is 10.1. The molecule has 1 amide bonds. The number of fused-ring (bicyclic) bond motifs is 1. The van der Waals surface area contributed by atoms with Gasteiger partial charge in [-0.05, 0) is 35.5 Å². The van der Waals surface area contributed by atoms with Crippen molar-refractivity contribution in [1.29, 1.82) is 0 Å². The van der Waals surface area contributed by atoms with E-state index in [1.165, 1.54) is 8.28 Å². The summed E-state index contributed by atoms with van der Waals surface area (Å²) in [5, 5.41) is 5.68. The number of nitrogens with one attached hydrogen (secondary N) is 1. The van der Waals surface area contributed by atoms with Crippen molar-refractivity contribution in [2.45, 2.75) is 39.3 Å². The third kappa shape index (κ3) is 4.47. The molecule has 2 aromatic carbocycles. The molecule has 0 fully saturated rings. The van der Waals surface area contributed by atoms with Crippen LogP contribution in [0, 0.1) is 0 Å². The van der Waals surface area contributed by atoms with E-state index < -0.39 is 26.4 Å². The molecule has 0 bridgehead atoms. The highest BCUT2D eigenvalue weighted by atomic mass is 32.2. The summed E-state index contributed by atoms with van der Waals surface area (Å²) in [6, 6.07) is 15.0. The lowest BCUT2D eigenvalue weighted by Crippen LogP contribution is -2.47. The molecular weight excluding hydrogens is 455 g/mol. The number of carbonyl (C=O) groups excluding carboxylic acids is 1. The normalized spacial score (nSPS) is 13.0. The zero-order chi connectivity index (χ0) is 24.1. The van der Waals surface area contributed by atoms with Gasteiger partial charge in [0.1, 0.15) is 8.07 Å². The molecule has 0 radical (unpaired) electrons. The van der Waals surface area contributed by atoms with E-state index >= 15 is 0 Å². The number of rotatable bonds is 6. The van der Waals surface area contributed by atoms with Crippen molar-refractivity contribution in [2.75, 3.05) is 19.4 Å². The average Bonchev–Trinajstić information content (AvgIpc) is 3.07. The second kappa shape index (κ2) is 8.29. The molecule has 9 heteroatoms. The van der Waals surface area contributed by atoms with E-state index in [1.54, 1.807) is 26.2 Å². The second-order valence-electron chi connectivity index (χ2n) is 10.3. The summed E-state index contributed by atoms with van der Waals surface area (Å²) < 4.78 is 29.4. The zero-order valence-corrected chi connectivity index (χ0v) is 23.0. The molecule has 0 saturated heterocycles. The van der Waals surface area contributed by atoms with Crippen LogP contribution in [0.3, 0.4) is 0 Å². The van der Waals surface area contributed by atoms with Crippen LogP contribution in [0.2, 0.25) is 39.3 Å². The number of aromatic nitrogens is 1. The van der Waals surface area contributed by atoms with Gasteiger partial charge in [-0.15, -0.1) is 0 Å². The SMILES string of the molecule is CN(C)S(=O)(=O)n1c([Si](C)(C)C)cc2c([Si](C)(C)C)c(C(=O)Nc3ccccc3)ccc21.